The summed E-state index contributed by atoms with van der Waals surface area (Å²) in [7, 11) is 1.92. The minimum atomic E-state index is 0.322. The Kier molecular flexibility index (Phi) is 2.28. The van der Waals surface area contributed by atoms with Gasteiger partial charge in [0.2, 0.25) is 0 Å². The zero-order valence-corrected chi connectivity index (χ0v) is 8.04. The Morgan fingerprint density at radius 3 is 2.85 bits per heavy atom. The average molecular weight is 181 g/mol. The van der Waals surface area contributed by atoms with E-state index in [-0.39, 0.29) is 0 Å². The first-order chi connectivity index (χ1) is 6.29. The van der Waals surface area contributed by atoms with E-state index in [4.69, 9.17) is 0 Å². The van der Waals surface area contributed by atoms with E-state index in [0.717, 1.165) is 31.0 Å². The second-order valence-corrected chi connectivity index (χ2v) is 3.39. The number of hydrogen-bond acceptors (Lipinski definition) is 4. The second-order valence-electron chi connectivity index (χ2n) is 3.39. The highest BCUT2D eigenvalue weighted by Crippen LogP contribution is 2.13. The molecule has 13 heavy (non-hydrogen) atoms. The fraction of sp³-hybridized carbons (Fsp3) is 0.750. The summed E-state index contributed by atoms with van der Waals surface area (Å²) in [6.45, 7) is 5.03. The van der Waals surface area contributed by atoms with E-state index in [9.17, 15) is 0 Å². The fourth-order valence-electron chi connectivity index (χ4n) is 1.59. The summed E-state index contributed by atoms with van der Waals surface area (Å²) in [5, 5.41) is 14.9. The molecule has 1 aliphatic rings. The summed E-state index contributed by atoms with van der Waals surface area (Å²) in [6.07, 6.45) is 0. The van der Waals surface area contributed by atoms with Crippen LogP contribution in [0, 0.1) is 6.92 Å². The summed E-state index contributed by atoms with van der Waals surface area (Å²) in [5.74, 6) is 0. The highest BCUT2D eigenvalue weighted by atomic mass is 15.4. The van der Waals surface area contributed by atoms with E-state index in [2.05, 4.69) is 20.9 Å². The molecule has 1 aromatic heterocycles. The van der Waals surface area contributed by atoms with Crippen LogP contribution in [0.3, 0.4) is 0 Å². The van der Waals surface area contributed by atoms with Gasteiger partial charge in [-0.1, -0.05) is 5.21 Å². The molecule has 0 bridgehead atoms. The van der Waals surface area contributed by atoms with Crippen LogP contribution < -0.4 is 10.6 Å². The van der Waals surface area contributed by atoms with Crippen molar-refractivity contribution >= 4 is 0 Å². The Morgan fingerprint density at radius 1 is 1.46 bits per heavy atom. The van der Waals surface area contributed by atoms with Crippen LogP contribution in [0.15, 0.2) is 0 Å². The lowest BCUT2D eigenvalue weighted by molar-refractivity contribution is 0.421. The Balaban J connectivity index is 2.18. The van der Waals surface area contributed by atoms with Gasteiger partial charge in [-0.15, -0.1) is 5.10 Å². The third kappa shape index (κ3) is 1.57. The van der Waals surface area contributed by atoms with Crippen molar-refractivity contribution in [2.45, 2.75) is 13.0 Å². The Bertz CT molecular complexity index is 287. The molecule has 1 fully saturated rings. The van der Waals surface area contributed by atoms with Gasteiger partial charge in [-0.05, 0) is 6.92 Å². The molecule has 5 nitrogen and oxygen atoms in total. The molecule has 1 saturated heterocycles. The van der Waals surface area contributed by atoms with Gasteiger partial charge in [0.1, 0.15) is 5.69 Å². The van der Waals surface area contributed by atoms with E-state index in [1.165, 1.54) is 0 Å². The molecule has 0 amide bonds. The number of nitrogens with zero attached hydrogens (tertiary/aromatic N) is 3. The summed E-state index contributed by atoms with van der Waals surface area (Å²) in [5.41, 5.74) is 2.20. The maximum atomic E-state index is 4.15. The van der Waals surface area contributed by atoms with Crippen molar-refractivity contribution in [3.05, 3.63) is 11.4 Å². The van der Waals surface area contributed by atoms with Crippen molar-refractivity contribution in [3.8, 4) is 0 Å². The molecule has 1 aromatic rings. The number of piperazine rings is 1. The number of rotatable bonds is 1. The third-order valence-electron chi connectivity index (χ3n) is 2.51. The largest absolute Gasteiger partial charge is 0.314 e. The molecule has 1 atom stereocenters. The Hall–Kier alpha value is -0.940. The Labute approximate surface area is 77.5 Å². The van der Waals surface area contributed by atoms with Gasteiger partial charge in [0.15, 0.2) is 0 Å². The molecular weight excluding hydrogens is 166 g/mol. The molecule has 1 aliphatic heterocycles. The van der Waals surface area contributed by atoms with Crippen LogP contribution in [-0.2, 0) is 7.05 Å². The third-order valence-corrected chi connectivity index (χ3v) is 2.51. The molecular formula is C8H15N5. The minimum absolute atomic E-state index is 0.322. The van der Waals surface area contributed by atoms with Crippen LogP contribution in [0.2, 0.25) is 0 Å². The van der Waals surface area contributed by atoms with Gasteiger partial charge in [-0.3, -0.25) is 4.68 Å². The highest BCUT2D eigenvalue weighted by molar-refractivity contribution is 5.13. The average Bonchev–Trinajstić information content (AvgIpc) is 2.49. The lowest BCUT2D eigenvalue weighted by Crippen LogP contribution is -2.43. The minimum Gasteiger partial charge on any atom is -0.314 e. The van der Waals surface area contributed by atoms with Crippen molar-refractivity contribution in [1.82, 2.24) is 25.6 Å². The first-order valence-corrected chi connectivity index (χ1v) is 4.59. The number of nitrogens with one attached hydrogen (secondary N) is 2. The number of hydrogen-bond donors (Lipinski definition) is 2. The van der Waals surface area contributed by atoms with Crippen molar-refractivity contribution in [2.75, 3.05) is 19.6 Å². The van der Waals surface area contributed by atoms with E-state index >= 15 is 0 Å². The molecule has 0 radical (unpaired) electrons. The standard InChI is InChI=1S/C8H15N5/c1-6-8(11-12-13(6)2)7-5-9-3-4-10-7/h7,9-10H,3-5H2,1-2H3. The van der Waals surface area contributed by atoms with E-state index < -0.39 is 0 Å². The molecule has 2 N–H and O–H groups in total. The molecule has 1 unspecified atom stereocenters. The molecule has 5 heteroatoms. The molecule has 0 aliphatic carbocycles. The normalized spacial score (nSPS) is 23.4. The van der Waals surface area contributed by atoms with E-state index in [1.54, 1.807) is 0 Å². The van der Waals surface area contributed by atoms with Crippen molar-refractivity contribution in [2.24, 2.45) is 7.05 Å². The maximum absolute atomic E-state index is 4.15. The van der Waals surface area contributed by atoms with Gasteiger partial charge in [-0.25, -0.2) is 0 Å². The van der Waals surface area contributed by atoms with Crippen LogP contribution in [0.1, 0.15) is 17.4 Å². The second kappa shape index (κ2) is 3.43. The molecule has 2 heterocycles. The molecule has 2 rings (SSSR count). The predicted molar refractivity (Wildman–Crippen MR) is 49.4 cm³/mol. The highest BCUT2D eigenvalue weighted by Gasteiger charge is 2.19. The van der Waals surface area contributed by atoms with Crippen LogP contribution >= 0.6 is 0 Å². The van der Waals surface area contributed by atoms with Gasteiger partial charge in [0.05, 0.1) is 11.7 Å². The van der Waals surface area contributed by atoms with Gasteiger partial charge >= 0.3 is 0 Å². The summed E-state index contributed by atoms with van der Waals surface area (Å²) in [6, 6.07) is 0.322. The van der Waals surface area contributed by atoms with Gasteiger partial charge < -0.3 is 10.6 Å². The smallest absolute Gasteiger partial charge is 0.104 e. The Morgan fingerprint density at radius 2 is 2.31 bits per heavy atom. The lowest BCUT2D eigenvalue weighted by Gasteiger charge is -2.23. The number of aromatic nitrogens is 3. The monoisotopic (exact) mass is 181 g/mol. The summed E-state index contributed by atoms with van der Waals surface area (Å²) < 4.78 is 1.81. The summed E-state index contributed by atoms with van der Waals surface area (Å²) >= 11 is 0. The first kappa shape index (κ1) is 8.65. The van der Waals surface area contributed by atoms with Crippen LogP contribution in [0.25, 0.3) is 0 Å². The summed E-state index contributed by atoms with van der Waals surface area (Å²) in [4.78, 5) is 0. The quantitative estimate of drug-likeness (QED) is 0.605. The van der Waals surface area contributed by atoms with Crippen LogP contribution in [-0.4, -0.2) is 34.6 Å². The fourth-order valence-corrected chi connectivity index (χ4v) is 1.59. The molecule has 0 saturated carbocycles. The first-order valence-electron chi connectivity index (χ1n) is 4.59. The van der Waals surface area contributed by atoms with E-state index in [1.807, 2.05) is 18.7 Å². The lowest BCUT2D eigenvalue weighted by atomic mass is 10.1. The topological polar surface area (TPSA) is 54.8 Å². The van der Waals surface area contributed by atoms with Crippen LogP contribution in [0.5, 0.6) is 0 Å². The van der Waals surface area contributed by atoms with Crippen molar-refractivity contribution < 1.29 is 0 Å². The van der Waals surface area contributed by atoms with Gasteiger partial charge in [-0.2, -0.15) is 0 Å². The van der Waals surface area contributed by atoms with Gasteiger partial charge in [0, 0.05) is 26.7 Å². The van der Waals surface area contributed by atoms with Gasteiger partial charge in [0.25, 0.3) is 0 Å². The molecule has 72 valence electrons. The van der Waals surface area contributed by atoms with Crippen molar-refractivity contribution in [3.63, 3.8) is 0 Å². The molecule has 0 spiro atoms. The maximum Gasteiger partial charge on any atom is 0.104 e. The van der Waals surface area contributed by atoms with E-state index in [0.29, 0.717) is 6.04 Å². The predicted octanol–water partition coefficient (Wildman–Crippen LogP) is -0.643. The SMILES string of the molecule is Cc1c(C2CNCCN2)nnn1C. The number of aryl methyl sites for hydroxylation is 1. The zero-order chi connectivity index (χ0) is 9.26. The van der Waals surface area contributed by atoms with Crippen LogP contribution in [0.4, 0.5) is 0 Å². The van der Waals surface area contributed by atoms with Crippen molar-refractivity contribution in [1.29, 1.82) is 0 Å². The molecule has 0 aromatic carbocycles. The zero-order valence-electron chi connectivity index (χ0n) is 8.04.